The molecule has 0 amide bonds. The van der Waals surface area contributed by atoms with Crippen molar-refractivity contribution in [2.24, 2.45) is 0 Å². The van der Waals surface area contributed by atoms with Gasteiger partial charge in [-0.1, -0.05) is 13.3 Å². The first-order valence-corrected chi connectivity index (χ1v) is 10.3. The van der Waals surface area contributed by atoms with E-state index in [1.807, 2.05) is 12.3 Å². The lowest BCUT2D eigenvalue weighted by molar-refractivity contribution is 0.313. The zero-order valence-electron chi connectivity index (χ0n) is 17.2. The quantitative estimate of drug-likeness (QED) is 0.689. The highest BCUT2D eigenvalue weighted by atomic mass is 15.2. The smallest absolute Gasteiger partial charge is 0.227 e. The molecule has 0 saturated carbocycles. The number of hydrogen-bond donors (Lipinski definition) is 1. The van der Waals surface area contributed by atoms with Crippen molar-refractivity contribution in [3.05, 3.63) is 60.6 Å². The minimum atomic E-state index is 0.590. The van der Waals surface area contributed by atoms with E-state index in [1.54, 1.807) is 6.20 Å². The van der Waals surface area contributed by atoms with Gasteiger partial charge in [-0.15, -0.1) is 0 Å². The van der Waals surface area contributed by atoms with Gasteiger partial charge < -0.3 is 15.1 Å². The highest BCUT2D eigenvalue weighted by Gasteiger charge is 2.14. The second-order valence-corrected chi connectivity index (χ2v) is 7.52. The fourth-order valence-electron chi connectivity index (χ4n) is 3.51. The number of likely N-dealkylation sites (N-methyl/N-ethyl adjacent to an activating group) is 1. The zero-order valence-corrected chi connectivity index (χ0v) is 17.2. The summed E-state index contributed by atoms with van der Waals surface area (Å²) >= 11 is 0. The van der Waals surface area contributed by atoms with Crippen LogP contribution >= 0.6 is 0 Å². The molecule has 1 aromatic carbocycles. The molecule has 3 aromatic rings. The molecule has 1 aliphatic heterocycles. The molecule has 4 rings (SSSR count). The summed E-state index contributed by atoms with van der Waals surface area (Å²) < 4.78 is 0. The average Bonchev–Trinajstić information content (AvgIpc) is 2.76. The van der Waals surface area contributed by atoms with Gasteiger partial charge in [0.25, 0.3) is 0 Å². The van der Waals surface area contributed by atoms with Crippen LogP contribution in [0.1, 0.15) is 19.0 Å². The molecular formula is C23H28N6. The zero-order chi connectivity index (χ0) is 20.1. The van der Waals surface area contributed by atoms with Crippen molar-refractivity contribution in [3.8, 4) is 11.3 Å². The van der Waals surface area contributed by atoms with Gasteiger partial charge >= 0.3 is 0 Å². The number of hydrogen-bond acceptors (Lipinski definition) is 6. The van der Waals surface area contributed by atoms with Crippen LogP contribution in [0.5, 0.6) is 0 Å². The van der Waals surface area contributed by atoms with E-state index < -0.39 is 0 Å². The van der Waals surface area contributed by atoms with Crippen molar-refractivity contribution in [2.75, 3.05) is 43.4 Å². The molecule has 0 bridgehead atoms. The molecule has 1 aliphatic rings. The van der Waals surface area contributed by atoms with Gasteiger partial charge in [0.1, 0.15) is 0 Å². The van der Waals surface area contributed by atoms with E-state index in [4.69, 9.17) is 0 Å². The van der Waals surface area contributed by atoms with Crippen LogP contribution in [0.3, 0.4) is 0 Å². The normalized spacial score (nSPS) is 14.8. The first kappa shape index (κ1) is 19.3. The molecule has 6 heteroatoms. The third-order valence-electron chi connectivity index (χ3n) is 5.27. The fourth-order valence-corrected chi connectivity index (χ4v) is 3.51. The highest BCUT2D eigenvalue weighted by Crippen LogP contribution is 2.22. The molecule has 0 unspecified atom stereocenters. The lowest BCUT2D eigenvalue weighted by Crippen LogP contribution is -2.44. The first-order chi connectivity index (χ1) is 14.2. The van der Waals surface area contributed by atoms with Gasteiger partial charge in [-0.05, 0) is 55.9 Å². The van der Waals surface area contributed by atoms with Crippen molar-refractivity contribution < 1.29 is 0 Å². The molecule has 0 atom stereocenters. The van der Waals surface area contributed by atoms with Crippen molar-refractivity contribution in [2.45, 2.75) is 19.8 Å². The Bertz CT molecular complexity index is 915. The monoisotopic (exact) mass is 388 g/mol. The summed E-state index contributed by atoms with van der Waals surface area (Å²) in [7, 11) is 2.17. The molecule has 3 heterocycles. The van der Waals surface area contributed by atoms with E-state index in [9.17, 15) is 0 Å². The number of pyridine rings is 1. The van der Waals surface area contributed by atoms with Gasteiger partial charge in [0.05, 0.1) is 5.69 Å². The van der Waals surface area contributed by atoms with Gasteiger partial charge in [0, 0.05) is 61.2 Å². The van der Waals surface area contributed by atoms with E-state index in [-0.39, 0.29) is 0 Å². The number of rotatable bonds is 6. The number of anilines is 3. The molecule has 0 radical (unpaired) electrons. The number of aromatic nitrogens is 3. The number of benzene rings is 1. The highest BCUT2D eigenvalue weighted by molar-refractivity contribution is 5.63. The Balaban J connectivity index is 1.43. The predicted molar refractivity (Wildman–Crippen MR) is 119 cm³/mol. The molecular weight excluding hydrogens is 360 g/mol. The summed E-state index contributed by atoms with van der Waals surface area (Å²) in [6.45, 7) is 6.51. The minimum absolute atomic E-state index is 0.590. The van der Waals surface area contributed by atoms with Crippen molar-refractivity contribution in [1.82, 2.24) is 19.9 Å². The molecule has 1 N–H and O–H groups in total. The molecule has 0 spiro atoms. The maximum Gasteiger partial charge on any atom is 0.227 e. The maximum atomic E-state index is 4.66. The lowest BCUT2D eigenvalue weighted by Gasteiger charge is -2.34. The van der Waals surface area contributed by atoms with Crippen molar-refractivity contribution >= 4 is 17.3 Å². The minimum Gasteiger partial charge on any atom is -0.369 e. The SMILES string of the molecule is CCCc1ccc(-c2ccnc(Nc3ccc(N4CCN(C)CC4)cc3)n2)cn1. The van der Waals surface area contributed by atoms with Gasteiger partial charge in [0.2, 0.25) is 5.95 Å². The Morgan fingerprint density at radius 1 is 0.931 bits per heavy atom. The van der Waals surface area contributed by atoms with E-state index in [1.165, 1.54) is 5.69 Å². The number of nitrogens with one attached hydrogen (secondary N) is 1. The Labute approximate surface area is 172 Å². The molecule has 29 heavy (non-hydrogen) atoms. The maximum absolute atomic E-state index is 4.66. The molecule has 1 fully saturated rings. The molecule has 2 aromatic heterocycles. The van der Waals surface area contributed by atoms with E-state index in [2.05, 4.69) is 80.4 Å². The van der Waals surface area contributed by atoms with E-state index >= 15 is 0 Å². The van der Waals surface area contributed by atoms with Crippen LogP contribution in [0.2, 0.25) is 0 Å². The summed E-state index contributed by atoms with van der Waals surface area (Å²) in [5, 5.41) is 3.31. The number of nitrogens with zero attached hydrogens (tertiary/aromatic N) is 5. The topological polar surface area (TPSA) is 57.2 Å². The summed E-state index contributed by atoms with van der Waals surface area (Å²) in [6.07, 6.45) is 5.77. The predicted octanol–water partition coefficient (Wildman–Crippen LogP) is 3.99. The lowest BCUT2D eigenvalue weighted by atomic mass is 10.1. The van der Waals surface area contributed by atoms with Gasteiger partial charge in [-0.2, -0.15) is 0 Å². The largest absolute Gasteiger partial charge is 0.369 e. The van der Waals surface area contributed by atoms with E-state index in [0.29, 0.717) is 5.95 Å². The molecule has 150 valence electrons. The van der Waals surface area contributed by atoms with E-state index in [0.717, 1.165) is 61.7 Å². The van der Waals surface area contributed by atoms with Gasteiger partial charge in [-0.3, -0.25) is 4.98 Å². The Morgan fingerprint density at radius 3 is 2.41 bits per heavy atom. The van der Waals surface area contributed by atoms with Gasteiger partial charge in [0.15, 0.2) is 0 Å². The summed E-state index contributed by atoms with van der Waals surface area (Å²) in [6, 6.07) is 14.6. The molecule has 1 saturated heterocycles. The van der Waals surface area contributed by atoms with Crippen molar-refractivity contribution in [1.29, 1.82) is 0 Å². The number of aryl methyl sites for hydroxylation is 1. The molecule has 6 nitrogen and oxygen atoms in total. The number of piperazine rings is 1. The van der Waals surface area contributed by atoms with Crippen LogP contribution in [-0.2, 0) is 6.42 Å². The third kappa shape index (κ3) is 4.90. The Morgan fingerprint density at radius 2 is 1.72 bits per heavy atom. The first-order valence-electron chi connectivity index (χ1n) is 10.3. The van der Waals surface area contributed by atoms with Crippen LogP contribution in [0, 0.1) is 0 Å². The third-order valence-corrected chi connectivity index (χ3v) is 5.27. The second kappa shape index (κ2) is 9.01. The average molecular weight is 389 g/mol. The second-order valence-electron chi connectivity index (χ2n) is 7.52. The van der Waals surface area contributed by atoms with Crippen molar-refractivity contribution in [3.63, 3.8) is 0 Å². The molecule has 0 aliphatic carbocycles. The fraction of sp³-hybridized carbons (Fsp3) is 0.348. The Kier molecular flexibility index (Phi) is 6.00. The van der Waals surface area contributed by atoms with Crippen LogP contribution in [0.15, 0.2) is 54.9 Å². The summed E-state index contributed by atoms with van der Waals surface area (Å²) in [4.78, 5) is 18.3. The van der Waals surface area contributed by atoms with Crippen LogP contribution in [0.4, 0.5) is 17.3 Å². The van der Waals surface area contributed by atoms with Crippen LogP contribution in [0.25, 0.3) is 11.3 Å². The standard InChI is InChI=1S/C23H28N6/c1-3-4-19-6-5-18(17-25-19)22-11-12-24-23(27-22)26-20-7-9-21(10-8-20)29-15-13-28(2)14-16-29/h5-12,17H,3-4,13-16H2,1-2H3,(H,24,26,27). The Hall–Kier alpha value is -2.99. The van der Waals surface area contributed by atoms with Gasteiger partial charge in [-0.25, -0.2) is 9.97 Å². The van der Waals surface area contributed by atoms with Crippen LogP contribution < -0.4 is 10.2 Å². The van der Waals surface area contributed by atoms with Crippen LogP contribution in [-0.4, -0.2) is 53.1 Å². The summed E-state index contributed by atoms with van der Waals surface area (Å²) in [5.74, 6) is 0.590. The summed E-state index contributed by atoms with van der Waals surface area (Å²) in [5.41, 5.74) is 5.23.